The van der Waals surface area contributed by atoms with Crippen LogP contribution in [0.25, 0.3) is 16.0 Å². The zero-order valence-corrected chi connectivity index (χ0v) is 13.4. The van der Waals surface area contributed by atoms with Crippen molar-refractivity contribution in [2.24, 2.45) is 0 Å². The van der Waals surface area contributed by atoms with Gasteiger partial charge in [-0.3, -0.25) is 0 Å². The number of nitrogens with zero attached hydrogens (tertiary/aromatic N) is 3. The number of rotatable bonds is 0. The molecule has 3 fully saturated rings. The first-order chi connectivity index (χ1) is 6.23. The zero-order valence-electron chi connectivity index (χ0n) is 7.05. The molecule has 0 aliphatic carbocycles. The average molecular weight is 469 g/mol. The molecule has 0 amide bonds. The first kappa shape index (κ1) is 14.9. The van der Waals surface area contributed by atoms with Crippen LogP contribution in [0.4, 0.5) is 0 Å². The maximum atomic E-state index is 3.75. The molecular weight excluding hydrogens is 457 g/mol. The fourth-order valence-corrected chi connectivity index (χ4v) is 0. The Balaban J connectivity index is 0.000000148. The number of hydrogen-bond donors (Lipinski definition) is 0. The standard InChI is InChI=1S/3C2H4N.3BrH.Rh/c3*1-2-3-1;;;;/h3*1-2H2;3*1H;/q3*-1;;;;+3/p-3. The van der Waals surface area contributed by atoms with Crippen LogP contribution in [0.2, 0.25) is 0 Å². The Kier molecular flexibility index (Phi) is 13.8. The van der Waals surface area contributed by atoms with Gasteiger partial charge in [0.25, 0.3) is 0 Å². The third kappa shape index (κ3) is 81.4. The van der Waals surface area contributed by atoms with Gasteiger partial charge in [-0.1, -0.05) is 0 Å². The van der Waals surface area contributed by atoms with E-state index in [2.05, 4.69) is 56.8 Å². The van der Waals surface area contributed by atoms with Crippen LogP contribution < -0.4 is 0 Å². The van der Waals surface area contributed by atoms with Gasteiger partial charge in [0.05, 0.1) is 0 Å². The maximum absolute atomic E-state index is 3.75. The van der Waals surface area contributed by atoms with E-state index in [1.807, 2.05) is 0 Å². The monoisotopic (exact) mass is 466 g/mol. The first-order valence-corrected chi connectivity index (χ1v) is 15.0. The van der Waals surface area contributed by atoms with Crippen LogP contribution in [0.1, 0.15) is 0 Å². The molecule has 0 unspecified atom stereocenters. The number of hydrogen-bond acceptors (Lipinski definition) is 0. The van der Waals surface area contributed by atoms with E-state index in [0.29, 0.717) is 0 Å². The minimum atomic E-state index is -0.639. The molecule has 0 aromatic heterocycles. The second-order valence-corrected chi connectivity index (χ2v) is 24.8. The Labute approximate surface area is 105 Å². The van der Waals surface area contributed by atoms with E-state index >= 15 is 0 Å². The average Bonchev–Trinajstić information content (AvgIpc) is 2.81. The molecule has 3 heterocycles. The molecule has 84 valence electrons. The molecule has 3 saturated heterocycles. The molecular formula is C6H12Br3N3Rh-3. The van der Waals surface area contributed by atoms with Gasteiger partial charge in [0, 0.05) is 0 Å². The Morgan fingerprint density at radius 1 is 0.615 bits per heavy atom. The predicted molar refractivity (Wildman–Crippen MR) is 66.1 cm³/mol. The van der Waals surface area contributed by atoms with Crippen molar-refractivity contribution in [2.45, 2.75) is 0 Å². The van der Waals surface area contributed by atoms with Gasteiger partial charge >= 0.3 is 50.9 Å². The van der Waals surface area contributed by atoms with Crippen LogP contribution in [-0.4, -0.2) is 39.3 Å². The Morgan fingerprint density at radius 2 is 0.692 bits per heavy atom. The third-order valence-electron chi connectivity index (χ3n) is 0.671. The molecule has 3 aliphatic rings. The van der Waals surface area contributed by atoms with Gasteiger partial charge < -0.3 is 16.0 Å². The quantitative estimate of drug-likeness (QED) is 0.385. The van der Waals surface area contributed by atoms with E-state index < -0.39 is 10.1 Å². The fraction of sp³-hybridized carbons (Fsp3) is 1.00. The van der Waals surface area contributed by atoms with Crippen LogP contribution in [0.3, 0.4) is 0 Å². The summed E-state index contributed by atoms with van der Waals surface area (Å²) in [6.45, 7) is 6.75. The SMILES string of the molecule is C1C[N-]1.C1C[N-]1.C1C[N-]1.[Br][Rh]([Br])[Br]. The summed E-state index contributed by atoms with van der Waals surface area (Å²) < 4.78 is 0. The van der Waals surface area contributed by atoms with Crippen LogP contribution in [0.5, 0.6) is 0 Å². The van der Waals surface area contributed by atoms with E-state index in [1.165, 1.54) is 0 Å². The summed E-state index contributed by atoms with van der Waals surface area (Å²) in [6, 6.07) is 0. The number of halogens is 3. The Morgan fingerprint density at radius 3 is 0.692 bits per heavy atom. The molecule has 0 spiro atoms. The van der Waals surface area contributed by atoms with Crippen molar-refractivity contribution in [1.82, 2.24) is 0 Å². The molecule has 0 atom stereocenters. The van der Waals surface area contributed by atoms with Crippen molar-refractivity contribution < 1.29 is 10.1 Å². The van der Waals surface area contributed by atoms with Gasteiger partial charge in [-0.15, -0.1) is 0 Å². The second kappa shape index (κ2) is 12.0. The summed E-state index contributed by atoms with van der Waals surface area (Å²) in [4.78, 5) is 0. The molecule has 0 aromatic carbocycles. The molecule has 3 nitrogen and oxygen atoms in total. The van der Waals surface area contributed by atoms with Gasteiger partial charge in [0.1, 0.15) is 0 Å². The third-order valence-corrected chi connectivity index (χ3v) is 0.671. The van der Waals surface area contributed by atoms with Gasteiger partial charge in [0.2, 0.25) is 0 Å². The summed E-state index contributed by atoms with van der Waals surface area (Å²) in [5.41, 5.74) is 0. The predicted octanol–water partition coefficient (Wildman–Crippen LogP) is 3.66. The molecule has 0 saturated carbocycles. The molecule has 3 aliphatic heterocycles. The van der Waals surface area contributed by atoms with Crippen LogP contribution in [0.15, 0.2) is 0 Å². The van der Waals surface area contributed by atoms with E-state index in [9.17, 15) is 0 Å². The summed E-state index contributed by atoms with van der Waals surface area (Å²) >= 11 is 9.70. The van der Waals surface area contributed by atoms with Crippen molar-refractivity contribution in [3.8, 4) is 0 Å². The minimum absolute atomic E-state index is 0.639. The Bertz CT molecular complexity index is 75.8. The van der Waals surface area contributed by atoms with Crippen LogP contribution in [-0.2, 0) is 10.1 Å². The summed E-state index contributed by atoms with van der Waals surface area (Å²) in [5.74, 6) is 0. The summed E-state index contributed by atoms with van der Waals surface area (Å²) in [6.07, 6.45) is 0. The van der Waals surface area contributed by atoms with Crippen molar-refractivity contribution >= 4 is 40.9 Å². The molecule has 3 rings (SSSR count). The van der Waals surface area contributed by atoms with E-state index in [0.717, 1.165) is 39.3 Å². The van der Waals surface area contributed by atoms with Crippen LogP contribution in [0, 0.1) is 0 Å². The van der Waals surface area contributed by atoms with Crippen molar-refractivity contribution in [1.29, 1.82) is 0 Å². The topological polar surface area (TPSA) is 42.3 Å². The van der Waals surface area contributed by atoms with Crippen molar-refractivity contribution in [2.75, 3.05) is 39.3 Å². The van der Waals surface area contributed by atoms with Gasteiger partial charge in [-0.2, -0.15) is 39.3 Å². The Hall–Kier alpha value is 1.94. The molecule has 0 N–H and O–H groups in total. The molecule has 0 aromatic rings. The van der Waals surface area contributed by atoms with Crippen molar-refractivity contribution in [3.63, 3.8) is 0 Å². The van der Waals surface area contributed by atoms with E-state index in [1.54, 1.807) is 0 Å². The molecule has 7 heteroatoms. The molecule has 0 radical (unpaired) electrons. The second-order valence-electron chi connectivity index (χ2n) is 2.16. The normalized spacial score (nSPS) is 20.1. The van der Waals surface area contributed by atoms with Gasteiger partial charge in [0.15, 0.2) is 0 Å². The zero-order chi connectivity index (χ0) is 9.94. The van der Waals surface area contributed by atoms with Gasteiger partial charge in [-0.05, 0) is 0 Å². The summed E-state index contributed by atoms with van der Waals surface area (Å²) in [5, 5.41) is 11.2. The van der Waals surface area contributed by atoms with E-state index in [4.69, 9.17) is 0 Å². The molecule has 13 heavy (non-hydrogen) atoms. The van der Waals surface area contributed by atoms with Crippen LogP contribution >= 0.6 is 40.9 Å². The fourth-order valence-electron chi connectivity index (χ4n) is 0. The van der Waals surface area contributed by atoms with E-state index in [-0.39, 0.29) is 0 Å². The first-order valence-electron chi connectivity index (χ1n) is 3.78. The molecule has 0 bridgehead atoms. The van der Waals surface area contributed by atoms with Crippen molar-refractivity contribution in [3.05, 3.63) is 16.0 Å². The van der Waals surface area contributed by atoms with Gasteiger partial charge in [-0.25, -0.2) is 0 Å². The summed E-state index contributed by atoms with van der Waals surface area (Å²) in [7, 11) is -0.639.